The van der Waals surface area contributed by atoms with Gasteiger partial charge in [0.25, 0.3) is 0 Å². The molecule has 2 aliphatic heterocycles. The molecule has 0 bridgehead atoms. The van der Waals surface area contributed by atoms with Crippen LogP contribution in [0, 0.1) is 11.8 Å². The standard InChI is InChI=1S/C20H36N6/c1-17-5-11-24(12-6-17)10-4-8-23-20(21-3)25-13-7-18(2)19(15-25)26-14-9-22-16-26/h9,14,16-19H,4-8,10-13,15H2,1-3H3,(H,21,23). The van der Waals surface area contributed by atoms with Crippen LogP contribution in [0.4, 0.5) is 0 Å². The number of aliphatic imine (C=N–C) groups is 1. The number of guanidine groups is 1. The molecule has 0 amide bonds. The average Bonchev–Trinajstić information content (AvgIpc) is 3.18. The van der Waals surface area contributed by atoms with Crippen LogP contribution in [0.2, 0.25) is 0 Å². The van der Waals surface area contributed by atoms with Crippen molar-refractivity contribution < 1.29 is 0 Å². The summed E-state index contributed by atoms with van der Waals surface area (Å²) in [5, 5.41) is 3.59. The smallest absolute Gasteiger partial charge is 0.193 e. The van der Waals surface area contributed by atoms with E-state index < -0.39 is 0 Å². The Kier molecular flexibility index (Phi) is 6.94. The van der Waals surface area contributed by atoms with E-state index in [2.05, 4.69) is 49.7 Å². The number of piperidine rings is 2. The molecule has 1 aromatic rings. The molecule has 2 fully saturated rings. The van der Waals surface area contributed by atoms with E-state index in [1.54, 1.807) is 0 Å². The highest BCUT2D eigenvalue weighted by Crippen LogP contribution is 2.27. The molecule has 2 aliphatic rings. The second-order valence-corrected chi connectivity index (χ2v) is 8.14. The van der Waals surface area contributed by atoms with E-state index in [9.17, 15) is 0 Å². The molecule has 146 valence electrons. The van der Waals surface area contributed by atoms with E-state index in [-0.39, 0.29) is 0 Å². The Hall–Kier alpha value is -1.56. The van der Waals surface area contributed by atoms with Crippen molar-refractivity contribution in [2.45, 2.75) is 45.6 Å². The summed E-state index contributed by atoms with van der Waals surface area (Å²) < 4.78 is 2.25. The zero-order valence-corrected chi connectivity index (χ0v) is 16.8. The zero-order chi connectivity index (χ0) is 18.4. The third-order valence-electron chi connectivity index (χ3n) is 6.15. The number of nitrogens with one attached hydrogen (secondary N) is 1. The Bertz CT molecular complexity index is 547. The zero-order valence-electron chi connectivity index (χ0n) is 16.8. The predicted molar refractivity (Wildman–Crippen MR) is 107 cm³/mol. The van der Waals surface area contributed by atoms with Gasteiger partial charge in [-0.25, -0.2) is 4.98 Å². The molecule has 1 aromatic heterocycles. The van der Waals surface area contributed by atoms with Crippen molar-refractivity contribution in [3.63, 3.8) is 0 Å². The van der Waals surface area contributed by atoms with Crippen LogP contribution in [0.25, 0.3) is 0 Å². The van der Waals surface area contributed by atoms with Crippen LogP contribution in [-0.2, 0) is 0 Å². The number of hydrogen-bond donors (Lipinski definition) is 1. The van der Waals surface area contributed by atoms with Crippen LogP contribution in [0.15, 0.2) is 23.7 Å². The topological polar surface area (TPSA) is 48.7 Å². The minimum absolute atomic E-state index is 0.472. The summed E-state index contributed by atoms with van der Waals surface area (Å²) >= 11 is 0. The van der Waals surface area contributed by atoms with Gasteiger partial charge in [0.1, 0.15) is 0 Å². The number of hydrogen-bond acceptors (Lipinski definition) is 3. The van der Waals surface area contributed by atoms with Crippen LogP contribution in [0.1, 0.15) is 45.6 Å². The van der Waals surface area contributed by atoms with Crippen LogP contribution in [0.5, 0.6) is 0 Å². The van der Waals surface area contributed by atoms with E-state index in [1.165, 1.54) is 45.3 Å². The SMILES string of the molecule is CN=C(NCCCN1CCC(C)CC1)N1CCC(C)C(n2ccnc2)C1. The van der Waals surface area contributed by atoms with E-state index in [1.807, 2.05) is 19.6 Å². The summed E-state index contributed by atoms with van der Waals surface area (Å²) in [6, 6.07) is 0.472. The maximum atomic E-state index is 4.54. The molecular weight excluding hydrogens is 324 g/mol. The van der Waals surface area contributed by atoms with Crippen LogP contribution >= 0.6 is 0 Å². The van der Waals surface area contributed by atoms with Gasteiger partial charge in [0, 0.05) is 39.1 Å². The van der Waals surface area contributed by atoms with Crippen molar-refractivity contribution in [3.8, 4) is 0 Å². The van der Waals surface area contributed by atoms with Gasteiger partial charge in [0.15, 0.2) is 5.96 Å². The normalized spacial score (nSPS) is 26.3. The molecule has 0 saturated carbocycles. The first kappa shape index (κ1) is 19.2. The van der Waals surface area contributed by atoms with E-state index in [0.717, 1.165) is 31.5 Å². The Labute approximate surface area is 158 Å². The largest absolute Gasteiger partial charge is 0.356 e. The van der Waals surface area contributed by atoms with Crippen molar-refractivity contribution in [1.29, 1.82) is 0 Å². The number of nitrogens with zero attached hydrogens (tertiary/aromatic N) is 5. The maximum absolute atomic E-state index is 4.54. The quantitative estimate of drug-likeness (QED) is 0.498. The molecule has 3 heterocycles. The monoisotopic (exact) mass is 360 g/mol. The Morgan fingerprint density at radius 1 is 1.19 bits per heavy atom. The first-order valence-electron chi connectivity index (χ1n) is 10.3. The molecule has 6 heteroatoms. The van der Waals surface area contributed by atoms with Gasteiger partial charge in [-0.3, -0.25) is 4.99 Å². The van der Waals surface area contributed by atoms with Crippen molar-refractivity contribution in [2.75, 3.05) is 46.3 Å². The van der Waals surface area contributed by atoms with Crippen LogP contribution in [0.3, 0.4) is 0 Å². The Morgan fingerprint density at radius 2 is 2.00 bits per heavy atom. The molecule has 6 nitrogen and oxygen atoms in total. The van der Waals surface area contributed by atoms with Gasteiger partial charge >= 0.3 is 0 Å². The van der Waals surface area contributed by atoms with E-state index in [0.29, 0.717) is 12.0 Å². The number of imidazole rings is 1. The summed E-state index contributed by atoms with van der Waals surface area (Å²) in [6.07, 6.45) is 11.0. The molecule has 0 radical (unpaired) electrons. The molecule has 3 rings (SSSR count). The highest BCUT2D eigenvalue weighted by Gasteiger charge is 2.28. The lowest BCUT2D eigenvalue weighted by Crippen LogP contribution is -2.49. The maximum Gasteiger partial charge on any atom is 0.193 e. The fraction of sp³-hybridized carbons (Fsp3) is 0.800. The second-order valence-electron chi connectivity index (χ2n) is 8.14. The van der Waals surface area contributed by atoms with Gasteiger partial charge in [-0.15, -0.1) is 0 Å². The van der Waals surface area contributed by atoms with Gasteiger partial charge in [0.05, 0.1) is 12.4 Å². The van der Waals surface area contributed by atoms with Crippen LogP contribution in [-0.4, -0.2) is 71.6 Å². The Balaban J connectivity index is 1.43. The van der Waals surface area contributed by atoms with Crippen molar-refractivity contribution in [1.82, 2.24) is 24.7 Å². The Morgan fingerprint density at radius 3 is 2.69 bits per heavy atom. The summed E-state index contributed by atoms with van der Waals surface area (Å²) in [7, 11) is 1.90. The predicted octanol–water partition coefficient (Wildman–Crippen LogP) is 2.46. The molecule has 2 saturated heterocycles. The van der Waals surface area contributed by atoms with Crippen LogP contribution < -0.4 is 5.32 Å². The molecule has 26 heavy (non-hydrogen) atoms. The molecular formula is C20H36N6. The third-order valence-corrected chi connectivity index (χ3v) is 6.15. The van der Waals surface area contributed by atoms with Crippen molar-refractivity contribution >= 4 is 5.96 Å². The average molecular weight is 361 g/mol. The summed E-state index contributed by atoms with van der Waals surface area (Å²) in [5.41, 5.74) is 0. The van der Waals surface area contributed by atoms with Crippen molar-refractivity contribution in [2.24, 2.45) is 16.8 Å². The van der Waals surface area contributed by atoms with Gasteiger partial charge < -0.3 is 19.7 Å². The second kappa shape index (κ2) is 9.40. The molecule has 0 aromatic carbocycles. The van der Waals surface area contributed by atoms with E-state index >= 15 is 0 Å². The number of aromatic nitrogens is 2. The lowest BCUT2D eigenvalue weighted by molar-refractivity contribution is 0.185. The fourth-order valence-electron chi connectivity index (χ4n) is 4.22. The van der Waals surface area contributed by atoms with Gasteiger partial charge in [-0.2, -0.15) is 0 Å². The lowest BCUT2D eigenvalue weighted by Gasteiger charge is -2.39. The van der Waals surface area contributed by atoms with E-state index in [4.69, 9.17) is 0 Å². The minimum atomic E-state index is 0.472. The highest BCUT2D eigenvalue weighted by atomic mass is 15.3. The van der Waals surface area contributed by atoms with Gasteiger partial charge in [0.2, 0.25) is 0 Å². The minimum Gasteiger partial charge on any atom is -0.356 e. The molecule has 2 unspecified atom stereocenters. The number of likely N-dealkylation sites (tertiary alicyclic amines) is 2. The summed E-state index contributed by atoms with van der Waals surface area (Å²) in [5.74, 6) is 2.63. The fourth-order valence-corrected chi connectivity index (χ4v) is 4.22. The third kappa shape index (κ3) is 5.00. The summed E-state index contributed by atoms with van der Waals surface area (Å²) in [4.78, 5) is 13.8. The first-order chi connectivity index (χ1) is 12.7. The van der Waals surface area contributed by atoms with Crippen molar-refractivity contribution in [3.05, 3.63) is 18.7 Å². The molecule has 0 aliphatic carbocycles. The summed E-state index contributed by atoms with van der Waals surface area (Å²) in [6.45, 7) is 11.5. The highest BCUT2D eigenvalue weighted by molar-refractivity contribution is 5.80. The first-order valence-corrected chi connectivity index (χ1v) is 10.3. The van der Waals surface area contributed by atoms with Gasteiger partial charge in [-0.1, -0.05) is 13.8 Å². The number of rotatable bonds is 5. The molecule has 0 spiro atoms. The molecule has 2 atom stereocenters. The lowest BCUT2D eigenvalue weighted by atomic mass is 9.93. The molecule has 1 N–H and O–H groups in total. The van der Waals surface area contributed by atoms with Gasteiger partial charge in [-0.05, 0) is 57.2 Å².